The van der Waals surface area contributed by atoms with Crippen molar-refractivity contribution in [2.45, 2.75) is 0 Å². The number of benzene rings is 2. The molecule has 116 valence electrons. The van der Waals surface area contributed by atoms with E-state index in [1.54, 1.807) is 36.4 Å². The maximum atomic E-state index is 13.9. The first-order valence-corrected chi connectivity index (χ1v) is 7.64. The third-order valence-electron chi connectivity index (χ3n) is 3.13. The van der Waals surface area contributed by atoms with Gasteiger partial charge in [-0.15, -0.1) is 0 Å². The van der Waals surface area contributed by atoms with Crippen molar-refractivity contribution in [3.05, 3.63) is 57.4 Å². The molecular weight excluding hydrogens is 414 g/mol. The molecule has 0 bridgehead atoms. The zero-order chi connectivity index (χ0) is 16.4. The summed E-state index contributed by atoms with van der Waals surface area (Å²) in [5.74, 6) is -0.549. The van der Waals surface area contributed by atoms with Crippen LogP contribution in [0.2, 0.25) is 0 Å². The zero-order valence-electron chi connectivity index (χ0n) is 11.9. The van der Waals surface area contributed by atoms with Crippen molar-refractivity contribution in [1.29, 1.82) is 0 Å². The van der Waals surface area contributed by atoms with E-state index in [-0.39, 0.29) is 17.3 Å². The molecule has 0 amide bonds. The molecule has 1 heterocycles. The summed E-state index contributed by atoms with van der Waals surface area (Å²) in [6, 6.07) is 11.2. The summed E-state index contributed by atoms with van der Waals surface area (Å²) in [5.41, 5.74) is 1.19. The highest BCUT2D eigenvalue weighted by atomic mass is 127. The SMILES string of the molecule is COC(=O)c1cccc(-c2noc(-c3cc(I)ccc3F)n2)c1. The topological polar surface area (TPSA) is 65.2 Å². The van der Waals surface area contributed by atoms with Gasteiger partial charge in [-0.05, 0) is 52.9 Å². The molecule has 7 heteroatoms. The number of methoxy groups -OCH3 is 1. The molecule has 0 radical (unpaired) electrons. The average Bonchev–Trinajstić information content (AvgIpc) is 3.06. The molecule has 0 unspecified atom stereocenters. The smallest absolute Gasteiger partial charge is 0.337 e. The number of nitrogens with zero attached hydrogens (tertiary/aromatic N) is 2. The minimum atomic E-state index is -0.459. The van der Waals surface area contributed by atoms with Crippen molar-refractivity contribution in [2.75, 3.05) is 7.11 Å². The summed E-state index contributed by atoms with van der Waals surface area (Å²) < 4.78 is 24.6. The van der Waals surface area contributed by atoms with E-state index in [4.69, 9.17) is 4.52 Å². The summed E-state index contributed by atoms with van der Waals surface area (Å²) in [6.45, 7) is 0. The van der Waals surface area contributed by atoms with E-state index in [0.717, 1.165) is 3.57 Å². The molecule has 2 aromatic carbocycles. The Hall–Kier alpha value is -2.29. The van der Waals surface area contributed by atoms with Crippen molar-refractivity contribution >= 4 is 28.6 Å². The first kappa shape index (κ1) is 15.6. The Balaban J connectivity index is 1.99. The monoisotopic (exact) mass is 424 g/mol. The Morgan fingerprint density at radius 1 is 1.26 bits per heavy atom. The zero-order valence-corrected chi connectivity index (χ0v) is 14.1. The third kappa shape index (κ3) is 3.24. The third-order valence-corrected chi connectivity index (χ3v) is 3.80. The Morgan fingerprint density at radius 3 is 2.87 bits per heavy atom. The average molecular weight is 424 g/mol. The summed E-state index contributed by atoms with van der Waals surface area (Å²) >= 11 is 2.08. The molecule has 3 rings (SSSR count). The Kier molecular flexibility index (Phi) is 4.37. The van der Waals surface area contributed by atoms with Crippen LogP contribution in [0.4, 0.5) is 4.39 Å². The van der Waals surface area contributed by atoms with Crippen LogP contribution in [-0.2, 0) is 4.74 Å². The number of hydrogen-bond donors (Lipinski definition) is 0. The second-order valence-electron chi connectivity index (χ2n) is 4.62. The van der Waals surface area contributed by atoms with Gasteiger partial charge in [-0.3, -0.25) is 0 Å². The predicted octanol–water partition coefficient (Wildman–Crippen LogP) is 3.93. The second-order valence-corrected chi connectivity index (χ2v) is 5.87. The first-order chi connectivity index (χ1) is 11.1. The van der Waals surface area contributed by atoms with Gasteiger partial charge in [0.2, 0.25) is 5.82 Å². The highest BCUT2D eigenvalue weighted by molar-refractivity contribution is 14.1. The maximum absolute atomic E-state index is 13.9. The van der Waals surface area contributed by atoms with E-state index in [0.29, 0.717) is 11.1 Å². The van der Waals surface area contributed by atoms with Gasteiger partial charge in [-0.25, -0.2) is 9.18 Å². The predicted molar refractivity (Wildman–Crippen MR) is 89.2 cm³/mol. The van der Waals surface area contributed by atoms with Crippen LogP contribution in [0.25, 0.3) is 22.8 Å². The fourth-order valence-corrected chi connectivity index (χ4v) is 2.51. The summed E-state index contributed by atoms with van der Waals surface area (Å²) in [6.07, 6.45) is 0. The van der Waals surface area contributed by atoms with Crippen molar-refractivity contribution in [1.82, 2.24) is 10.1 Å². The van der Waals surface area contributed by atoms with E-state index in [1.165, 1.54) is 13.2 Å². The van der Waals surface area contributed by atoms with Crippen LogP contribution in [0.1, 0.15) is 10.4 Å². The molecule has 23 heavy (non-hydrogen) atoms. The first-order valence-electron chi connectivity index (χ1n) is 6.56. The van der Waals surface area contributed by atoms with Gasteiger partial charge in [-0.2, -0.15) is 4.98 Å². The van der Waals surface area contributed by atoms with Crippen LogP contribution < -0.4 is 0 Å². The van der Waals surface area contributed by atoms with Gasteiger partial charge < -0.3 is 9.26 Å². The van der Waals surface area contributed by atoms with Crippen molar-refractivity contribution in [3.63, 3.8) is 0 Å². The number of halogens is 2. The lowest BCUT2D eigenvalue weighted by atomic mass is 10.1. The van der Waals surface area contributed by atoms with Crippen molar-refractivity contribution in [3.8, 4) is 22.8 Å². The number of ether oxygens (including phenoxy) is 1. The fourth-order valence-electron chi connectivity index (χ4n) is 2.01. The van der Waals surface area contributed by atoms with E-state index < -0.39 is 11.8 Å². The van der Waals surface area contributed by atoms with Crippen molar-refractivity contribution in [2.24, 2.45) is 0 Å². The van der Waals surface area contributed by atoms with Gasteiger partial charge in [0, 0.05) is 9.13 Å². The Labute approximate surface area is 144 Å². The number of aromatic nitrogens is 2. The van der Waals surface area contributed by atoms with E-state index >= 15 is 0 Å². The van der Waals surface area contributed by atoms with Gasteiger partial charge in [0.05, 0.1) is 18.2 Å². The van der Waals surface area contributed by atoms with Gasteiger partial charge in [0.25, 0.3) is 5.89 Å². The number of esters is 1. The summed E-state index contributed by atoms with van der Waals surface area (Å²) in [5, 5.41) is 3.85. The molecule has 0 saturated carbocycles. The quantitative estimate of drug-likeness (QED) is 0.471. The molecule has 0 saturated heterocycles. The number of carbonyl (C=O) groups excluding carboxylic acids is 1. The number of hydrogen-bond acceptors (Lipinski definition) is 5. The fraction of sp³-hybridized carbons (Fsp3) is 0.0625. The van der Waals surface area contributed by atoms with Crippen LogP contribution in [0.5, 0.6) is 0 Å². The number of rotatable bonds is 3. The minimum absolute atomic E-state index is 0.0829. The van der Waals surface area contributed by atoms with Gasteiger partial charge in [0.1, 0.15) is 5.82 Å². The Bertz CT molecular complexity index is 879. The second kappa shape index (κ2) is 6.45. The molecule has 0 aliphatic rings. The standard InChI is InChI=1S/C16H10FIN2O3/c1-22-16(21)10-4-2-3-9(7-10)14-19-15(23-20-14)12-8-11(18)5-6-13(12)17/h2-8H,1H3. The molecule has 0 N–H and O–H groups in total. The number of carbonyl (C=O) groups is 1. The van der Waals surface area contributed by atoms with E-state index in [2.05, 4.69) is 37.5 Å². The largest absolute Gasteiger partial charge is 0.465 e. The minimum Gasteiger partial charge on any atom is -0.465 e. The molecule has 0 aliphatic heterocycles. The van der Waals surface area contributed by atoms with Crippen LogP contribution in [0.3, 0.4) is 0 Å². The van der Waals surface area contributed by atoms with Gasteiger partial charge in [-0.1, -0.05) is 17.3 Å². The van der Waals surface area contributed by atoms with Gasteiger partial charge >= 0.3 is 5.97 Å². The molecule has 0 fully saturated rings. The van der Waals surface area contributed by atoms with E-state index in [1.807, 2.05) is 0 Å². The van der Waals surface area contributed by atoms with Crippen LogP contribution >= 0.6 is 22.6 Å². The Morgan fingerprint density at radius 2 is 2.09 bits per heavy atom. The van der Waals surface area contributed by atoms with Crippen LogP contribution in [-0.4, -0.2) is 23.2 Å². The highest BCUT2D eigenvalue weighted by Crippen LogP contribution is 2.26. The van der Waals surface area contributed by atoms with Gasteiger partial charge in [0.15, 0.2) is 0 Å². The maximum Gasteiger partial charge on any atom is 0.337 e. The molecule has 0 atom stereocenters. The molecule has 0 aliphatic carbocycles. The lowest BCUT2D eigenvalue weighted by Gasteiger charge is -2.00. The molecular formula is C16H10FIN2O3. The summed E-state index contributed by atoms with van der Waals surface area (Å²) in [7, 11) is 1.31. The van der Waals surface area contributed by atoms with Crippen molar-refractivity contribution < 1.29 is 18.4 Å². The lowest BCUT2D eigenvalue weighted by Crippen LogP contribution is -2.00. The summed E-state index contributed by atoms with van der Waals surface area (Å²) in [4.78, 5) is 15.8. The van der Waals surface area contributed by atoms with E-state index in [9.17, 15) is 9.18 Å². The lowest BCUT2D eigenvalue weighted by molar-refractivity contribution is 0.0601. The molecule has 3 aromatic rings. The molecule has 1 aromatic heterocycles. The normalized spacial score (nSPS) is 10.6. The molecule has 0 spiro atoms. The van der Waals surface area contributed by atoms with Crippen LogP contribution in [0.15, 0.2) is 47.0 Å². The molecule has 5 nitrogen and oxygen atoms in total. The van der Waals surface area contributed by atoms with Crippen LogP contribution in [0, 0.1) is 9.39 Å². The highest BCUT2D eigenvalue weighted by Gasteiger charge is 2.16.